The van der Waals surface area contributed by atoms with Crippen LogP contribution in [-0.2, 0) is 17.9 Å². The van der Waals surface area contributed by atoms with Crippen LogP contribution < -0.4 is 4.90 Å². The Morgan fingerprint density at radius 2 is 1.60 bits per heavy atom. The van der Waals surface area contributed by atoms with Crippen molar-refractivity contribution in [1.29, 1.82) is 0 Å². The summed E-state index contributed by atoms with van der Waals surface area (Å²) >= 11 is 0. The van der Waals surface area contributed by atoms with E-state index in [1.165, 1.54) is 6.08 Å². The molecule has 1 amide bonds. The number of carbonyl (C=O) groups excluding carboxylic acids is 1. The maximum Gasteiger partial charge on any atom is 0.252 e. The highest BCUT2D eigenvalue weighted by molar-refractivity contribution is 6.03. The molecule has 0 radical (unpaired) electrons. The van der Waals surface area contributed by atoms with Crippen LogP contribution in [0.2, 0.25) is 0 Å². The zero-order valence-electron chi connectivity index (χ0n) is 16.4. The van der Waals surface area contributed by atoms with E-state index in [2.05, 4.69) is 15.3 Å². The summed E-state index contributed by atoms with van der Waals surface area (Å²) in [5.74, 6) is 0.430. The monoisotopic (exact) mass is 395 g/mol. The minimum atomic E-state index is -0.171. The van der Waals surface area contributed by atoms with Gasteiger partial charge in [0.15, 0.2) is 0 Å². The first-order chi connectivity index (χ1) is 14.8. The zero-order chi connectivity index (χ0) is 20.6. The van der Waals surface area contributed by atoms with E-state index in [1.807, 2.05) is 85.1 Å². The van der Waals surface area contributed by atoms with Gasteiger partial charge < -0.3 is 0 Å². The number of aromatic nitrogens is 4. The maximum absolute atomic E-state index is 13.0. The molecule has 4 rings (SSSR count). The maximum atomic E-state index is 13.0. The van der Waals surface area contributed by atoms with Crippen molar-refractivity contribution >= 4 is 17.8 Å². The molecule has 4 aromatic rings. The average molecular weight is 395 g/mol. The Hall–Kier alpha value is -4.06. The number of pyridine rings is 1. The number of anilines is 1. The van der Waals surface area contributed by atoms with Crippen LogP contribution in [0.1, 0.15) is 16.8 Å². The number of amides is 1. The summed E-state index contributed by atoms with van der Waals surface area (Å²) < 4.78 is 1.75. The van der Waals surface area contributed by atoms with Gasteiger partial charge in [-0.05, 0) is 29.3 Å². The SMILES string of the molecule is O=C(/C=C/c1cn(Cc2ccccc2)nn1)N(Cc1ccccc1)c1ccccn1. The third-order valence-corrected chi connectivity index (χ3v) is 4.52. The molecule has 2 aromatic carbocycles. The average Bonchev–Trinajstić information content (AvgIpc) is 3.25. The van der Waals surface area contributed by atoms with E-state index in [1.54, 1.807) is 21.9 Å². The predicted octanol–water partition coefficient (Wildman–Crippen LogP) is 3.97. The van der Waals surface area contributed by atoms with Crippen molar-refractivity contribution in [3.05, 3.63) is 114 Å². The van der Waals surface area contributed by atoms with Crippen molar-refractivity contribution in [2.45, 2.75) is 13.1 Å². The summed E-state index contributed by atoms with van der Waals surface area (Å²) in [5.41, 5.74) is 2.79. The lowest BCUT2D eigenvalue weighted by molar-refractivity contribution is -0.114. The van der Waals surface area contributed by atoms with Crippen LogP contribution >= 0.6 is 0 Å². The van der Waals surface area contributed by atoms with Gasteiger partial charge >= 0.3 is 0 Å². The van der Waals surface area contributed by atoms with Crippen LogP contribution in [-0.4, -0.2) is 25.9 Å². The second-order valence-electron chi connectivity index (χ2n) is 6.76. The topological polar surface area (TPSA) is 63.9 Å². The number of rotatable bonds is 7. The van der Waals surface area contributed by atoms with Gasteiger partial charge in [0.1, 0.15) is 11.5 Å². The van der Waals surface area contributed by atoms with E-state index in [4.69, 9.17) is 0 Å². The van der Waals surface area contributed by atoms with Crippen LogP contribution in [0.15, 0.2) is 97.3 Å². The highest BCUT2D eigenvalue weighted by Gasteiger charge is 2.15. The minimum Gasteiger partial charge on any atom is -0.289 e. The van der Waals surface area contributed by atoms with Gasteiger partial charge in [0.25, 0.3) is 5.91 Å². The largest absolute Gasteiger partial charge is 0.289 e. The Balaban J connectivity index is 1.49. The number of carbonyl (C=O) groups is 1. The van der Waals surface area contributed by atoms with Gasteiger partial charge in [-0.25, -0.2) is 9.67 Å². The second kappa shape index (κ2) is 9.43. The van der Waals surface area contributed by atoms with Crippen molar-refractivity contribution in [2.75, 3.05) is 4.90 Å². The zero-order valence-corrected chi connectivity index (χ0v) is 16.4. The number of nitrogens with zero attached hydrogens (tertiary/aromatic N) is 5. The van der Waals surface area contributed by atoms with E-state index in [0.717, 1.165) is 11.1 Å². The molecule has 0 aliphatic heterocycles. The molecule has 0 unspecified atom stereocenters. The first-order valence-corrected chi connectivity index (χ1v) is 9.66. The quantitative estimate of drug-likeness (QED) is 0.444. The normalized spacial score (nSPS) is 10.9. The highest BCUT2D eigenvalue weighted by Crippen LogP contribution is 2.15. The summed E-state index contributed by atoms with van der Waals surface area (Å²) in [6.07, 6.45) is 6.69. The highest BCUT2D eigenvalue weighted by atomic mass is 16.2. The van der Waals surface area contributed by atoms with E-state index in [9.17, 15) is 4.79 Å². The van der Waals surface area contributed by atoms with Gasteiger partial charge in [-0.3, -0.25) is 9.69 Å². The Labute approximate surface area is 175 Å². The van der Waals surface area contributed by atoms with Crippen molar-refractivity contribution in [3.63, 3.8) is 0 Å². The van der Waals surface area contributed by atoms with Crippen LogP contribution in [0, 0.1) is 0 Å². The van der Waals surface area contributed by atoms with Crippen LogP contribution in [0.3, 0.4) is 0 Å². The molecule has 2 aromatic heterocycles. The third-order valence-electron chi connectivity index (χ3n) is 4.52. The van der Waals surface area contributed by atoms with Crippen LogP contribution in [0.4, 0.5) is 5.82 Å². The molecule has 0 aliphatic carbocycles. The fourth-order valence-corrected chi connectivity index (χ4v) is 3.04. The van der Waals surface area contributed by atoms with Gasteiger partial charge in [0.05, 0.1) is 19.3 Å². The van der Waals surface area contributed by atoms with Crippen LogP contribution in [0.25, 0.3) is 6.08 Å². The lowest BCUT2D eigenvalue weighted by Gasteiger charge is -2.20. The molecule has 0 atom stereocenters. The molecular weight excluding hydrogens is 374 g/mol. The molecule has 6 nitrogen and oxygen atoms in total. The van der Waals surface area contributed by atoms with Gasteiger partial charge in [0.2, 0.25) is 0 Å². The predicted molar refractivity (Wildman–Crippen MR) is 116 cm³/mol. The van der Waals surface area contributed by atoms with Gasteiger partial charge in [-0.15, -0.1) is 5.10 Å². The standard InChI is InChI=1S/C24H21N5O/c30-24(15-14-22-19-28(27-26-22)17-20-9-3-1-4-10-20)29(23-13-7-8-16-25-23)18-21-11-5-2-6-12-21/h1-16,19H,17-18H2/b15-14+. The first kappa shape index (κ1) is 19.3. The lowest BCUT2D eigenvalue weighted by Crippen LogP contribution is -2.29. The molecule has 0 N–H and O–H groups in total. The van der Waals surface area contributed by atoms with Crippen molar-refractivity contribution in [2.24, 2.45) is 0 Å². The number of hydrogen-bond acceptors (Lipinski definition) is 4. The summed E-state index contributed by atoms with van der Waals surface area (Å²) in [6.45, 7) is 1.06. The number of benzene rings is 2. The molecule has 30 heavy (non-hydrogen) atoms. The molecule has 0 saturated carbocycles. The van der Waals surface area contributed by atoms with Crippen molar-refractivity contribution in [3.8, 4) is 0 Å². The van der Waals surface area contributed by atoms with E-state index >= 15 is 0 Å². The van der Waals surface area contributed by atoms with E-state index in [-0.39, 0.29) is 5.91 Å². The van der Waals surface area contributed by atoms with E-state index < -0.39 is 0 Å². The smallest absolute Gasteiger partial charge is 0.252 e. The molecule has 148 valence electrons. The Morgan fingerprint density at radius 1 is 0.900 bits per heavy atom. The summed E-state index contributed by atoms with van der Waals surface area (Å²) in [4.78, 5) is 18.9. The summed E-state index contributed by atoms with van der Waals surface area (Å²) in [6, 6.07) is 25.4. The molecule has 0 saturated heterocycles. The molecule has 0 aliphatic rings. The van der Waals surface area contributed by atoms with Crippen molar-refractivity contribution in [1.82, 2.24) is 20.0 Å². The van der Waals surface area contributed by atoms with E-state index in [0.29, 0.717) is 24.6 Å². The fourth-order valence-electron chi connectivity index (χ4n) is 3.04. The molecular formula is C24H21N5O. The Bertz CT molecular complexity index is 1110. The molecule has 6 heteroatoms. The minimum absolute atomic E-state index is 0.171. The third kappa shape index (κ3) is 5.05. The Morgan fingerprint density at radius 3 is 2.30 bits per heavy atom. The molecule has 0 fully saturated rings. The molecule has 2 heterocycles. The van der Waals surface area contributed by atoms with Gasteiger partial charge in [-0.1, -0.05) is 71.9 Å². The summed E-state index contributed by atoms with van der Waals surface area (Å²) in [7, 11) is 0. The van der Waals surface area contributed by atoms with Crippen molar-refractivity contribution < 1.29 is 4.79 Å². The lowest BCUT2D eigenvalue weighted by atomic mass is 10.2. The molecule has 0 bridgehead atoms. The second-order valence-corrected chi connectivity index (χ2v) is 6.76. The van der Waals surface area contributed by atoms with Gasteiger partial charge in [0, 0.05) is 12.3 Å². The Kier molecular flexibility index (Phi) is 6.05. The first-order valence-electron chi connectivity index (χ1n) is 9.66. The van der Waals surface area contributed by atoms with Crippen LogP contribution in [0.5, 0.6) is 0 Å². The summed E-state index contributed by atoms with van der Waals surface area (Å²) in [5, 5.41) is 8.28. The fraction of sp³-hybridized carbons (Fsp3) is 0.0833. The molecule has 0 spiro atoms. The van der Waals surface area contributed by atoms with Gasteiger partial charge in [-0.2, -0.15) is 0 Å². The number of hydrogen-bond donors (Lipinski definition) is 0.